The smallest absolute Gasteiger partial charge is 0.338 e. The van der Waals surface area contributed by atoms with Crippen molar-refractivity contribution in [2.75, 3.05) is 21.3 Å². The van der Waals surface area contributed by atoms with E-state index in [2.05, 4.69) is 39.2 Å². The van der Waals surface area contributed by atoms with Gasteiger partial charge in [-0.05, 0) is 85.1 Å². The lowest BCUT2D eigenvalue weighted by atomic mass is 9.94. The summed E-state index contributed by atoms with van der Waals surface area (Å²) < 4.78 is 37.4. The molecule has 4 rings (SSSR count). The van der Waals surface area contributed by atoms with Crippen LogP contribution in [0.15, 0.2) is 78.9 Å². The van der Waals surface area contributed by atoms with Gasteiger partial charge in [0.1, 0.15) is 11.5 Å². The van der Waals surface area contributed by atoms with Crippen molar-refractivity contribution >= 4 is 44.0 Å². The first-order chi connectivity index (χ1) is 27.3. The van der Waals surface area contributed by atoms with E-state index in [9.17, 15) is 28.4 Å². The molecule has 0 saturated heterocycles. The number of allylic oxidation sites excluding steroid dienone is 1. The largest absolute Gasteiger partial charge is 0.469 e. The minimum Gasteiger partial charge on any atom is -0.469 e. The molecule has 4 aromatic rings. The maximum absolute atomic E-state index is 14.6. The molecule has 11 nitrogen and oxygen atoms in total. The molecule has 0 saturated carbocycles. The fraction of sp³-hybridized carbons (Fsp3) is 0.356. The van der Waals surface area contributed by atoms with Gasteiger partial charge < -0.3 is 28.5 Å². The van der Waals surface area contributed by atoms with Gasteiger partial charge in [0.2, 0.25) is 0 Å². The second-order valence-corrected chi connectivity index (χ2v) is 20.4. The molecule has 308 valence electrons. The molecule has 1 aromatic heterocycles. The van der Waals surface area contributed by atoms with E-state index in [0.29, 0.717) is 33.5 Å². The summed E-state index contributed by atoms with van der Waals surface area (Å²) in [6, 6.07) is 19.4. The van der Waals surface area contributed by atoms with Gasteiger partial charge in [0.25, 0.3) is 5.91 Å². The number of esters is 3. The molecule has 0 fully saturated rings. The molecule has 1 atom stereocenters. The van der Waals surface area contributed by atoms with Crippen molar-refractivity contribution in [2.45, 2.75) is 84.3 Å². The first-order valence-corrected chi connectivity index (χ1v) is 21.9. The molecule has 1 N–H and O–H groups in total. The minimum atomic E-state index is -2.40. The normalized spacial score (nSPS) is 12.3. The van der Waals surface area contributed by atoms with Gasteiger partial charge in [-0.1, -0.05) is 69.3 Å². The van der Waals surface area contributed by atoms with Gasteiger partial charge in [0, 0.05) is 30.1 Å². The Bertz CT molecular complexity index is 2170. The van der Waals surface area contributed by atoms with Crippen LogP contribution in [0.1, 0.15) is 96.0 Å². The highest BCUT2D eigenvalue weighted by molar-refractivity contribution is 6.74. The highest BCUT2D eigenvalue weighted by Gasteiger charge is 2.40. The number of ether oxygens (including phenoxy) is 3. The molecule has 0 aliphatic rings. The second-order valence-electron chi connectivity index (χ2n) is 15.7. The second kappa shape index (κ2) is 19.2. The highest BCUT2D eigenvalue weighted by atomic mass is 28.4. The number of amides is 1. The summed E-state index contributed by atoms with van der Waals surface area (Å²) in [5, 5.41) is 2.80. The van der Waals surface area contributed by atoms with Crippen LogP contribution in [0.4, 0.5) is 4.39 Å². The molecule has 13 heteroatoms. The average molecular weight is 813 g/mol. The Morgan fingerprint density at radius 3 is 1.97 bits per heavy atom. The van der Waals surface area contributed by atoms with Crippen molar-refractivity contribution in [3.05, 3.63) is 113 Å². The SMILES string of the molecule is COC(=O)C[C@H](CC(=O)/C=C/c1c(-c2ccc(F)cc2)c(-c2ccccc2)c(C(=O)NCc2ccc(C(=O)OC)c(C(=O)OC)c2)n1C(C)C)O[Si](C)(C)C(C)(C)C. The van der Waals surface area contributed by atoms with Crippen LogP contribution in [0.25, 0.3) is 28.3 Å². The number of methoxy groups -OCH3 is 3. The minimum absolute atomic E-state index is 0.0163. The van der Waals surface area contributed by atoms with E-state index in [4.69, 9.17) is 18.6 Å². The third kappa shape index (κ3) is 10.6. The summed E-state index contributed by atoms with van der Waals surface area (Å²) in [6.45, 7) is 14.1. The summed E-state index contributed by atoms with van der Waals surface area (Å²) in [5.74, 6) is -3.17. The Morgan fingerprint density at radius 2 is 1.40 bits per heavy atom. The molecule has 0 bridgehead atoms. The lowest BCUT2D eigenvalue weighted by Gasteiger charge is -2.39. The van der Waals surface area contributed by atoms with Gasteiger partial charge in [-0.15, -0.1) is 0 Å². The Morgan fingerprint density at radius 1 is 0.793 bits per heavy atom. The molecule has 0 aliphatic carbocycles. The predicted molar refractivity (Wildman–Crippen MR) is 223 cm³/mol. The van der Waals surface area contributed by atoms with E-state index in [-0.39, 0.29) is 53.1 Å². The van der Waals surface area contributed by atoms with Crippen molar-refractivity contribution in [1.29, 1.82) is 0 Å². The molecule has 0 aliphatic heterocycles. The van der Waals surface area contributed by atoms with Gasteiger partial charge in [-0.3, -0.25) is 14.4 Å². The summed E-state index contributed by atoms with van der Waals surface area (Å²) in [7, 11) is 1.30. The molecule has 3 aromatic carbocycles. The molecule has 1 heterocycles. The third-order valence-corrected chi connectivity index (χ3v) is 14.8. The van der Waals surface area contributed by atoms with Crippen LogP contribution in [-0.2, 0) is 34.8 Å². The van der Waals surface area contributed by atoms with Crippen LogP contribution in [0.2, 0.25) is 18.1 Å². The number of nitrogens with zero attached hydrogens (tertiary/aromatic N) is 1. The van der Waals surface area contributed by atoms with Gasteiger partial charge in [0.15, 0.2) is 14.1 Å². The zero-order chi connectivity index (χ0) is 42.9. The van der Waals surface area contributed by atoms with E-state index in [1.807, 2.05) is 48.7 Å². The molecular weight excluding hydrogens is 760 g/mol. The zero-order valence-corrected chi connectivity index (χ0v) is 35.9. The molecular formula is C45H53FN2O9Si. The van der Waals surface area contributed by atoms with Crippen LogP contribution in [0.3, 0.4) is 0 Å². The Kier molecular flexibility index (Phi) is 14.9. The summed E-state index contributed by atoms with van der Waals surface area (Å²) >= 11 is 0. The Labute approximate surface area is 340 Å². The lowest BCUT2D eigenvalue weighted by Crippen LogP contribution is -2.44. The number of carbonyl (C=O) groups excluding carboxylic acids is 5. The lowest BCUT2D eigenvalue weighted by molar-refractivity contribution is -0.142. The summed E-state index contributed by atoms with van der Waals surface area (Å²) in [5.41, 5.74) is 3.74. The third-order valence-electron chi connectivity index (χ3n) is 10.3. The predicted octanol–water partition coefficient (Wildman–Crippen LogP) is 8.97. The fourth-order valence-corrected chi connectivity index (χ4v) is 7.70. The number of nitrogens with one attached hydrogen (secondary N) is 1. The van der Waals surface area contributed by atoms with E-state index >= 15 is 0 Å². The molecule has 0 radical (unpaired) electrons. The first kappa shape index (κ1) is 45.0. The van der Waals surface area contributed by atoms with Crippen molar-refractivity contribution < 1.29 is 47.0 Å². The van der Waals surface area contributed by atoms with Gasteiger partial charge in [-0.25, -0.2) is 14.0 Å². The van der Waals surface area contributed by atoms with Gasteiger partial charge in [0.05, 0.1) is 50.7 Å². The number of hydrogen-bond acceptors (Lipinski definition) is 9. The number of rotatable bonds is 16. The fourth-order valence-electron chi connectivity index (χ4n) is 6.34. The standard InChI is InChI=1S/C45H53FN2O9Si/c1-28(2)48-37(23-21-33(49)25-34(26-38(50)54-6)57-58(9,10)45(3,4)5)39(31-17-19-32(46)20-18-31)40(30-14-12-11-13-15-30)41(48)42(51)47-27-29-16-22-35(43(52)55-7)36(24-29)44(53)56-8/h11-24,28,34H,25-27H2,1-10H3,(H,47,51)/b23-21+/t34-/m0/s1. The Balaban J connectivity index is 1.88. The molecule has 0 unspecified atom stereocenters. The van der Waals surface area contributed by atoms with Crippen LogP contribution in [0, 0.1) is 5.82 Å². The number of benzene rings is 3. The molecule has 0 spiro atoms. The van der Waals surface area contributed by atoms with Crippen molar-refractivity contribution in [2.24, 2.45) is 0 Å². The maximum Gasteiger partial charge on any atom is 0.338 e. The zero-order valence-electron chi connectivity index (χ0n) is 34.9. The van der Waals surface area contributed by atoms with E-state index < -0.39 is 44.1 Å². The van der Waals surface area contributed by atoms with E-state index in [1.54, 1.807) is 24.3 Å². The molecule has 1 amide bonds. The number of carbonyl (C=O) groups is 5. The summed E-state index contributed by atoms with van der Waals surface area (Å²) in [6.07, 6.45) is 2.17. The van der Waals surface area contributed by atoms with E-state index in [0.717, 1.165) is 0 Å². The van der Waals surface area contributed by atoms with Crippen molar-refractivity contribution in [3.8, 4) is 22.3 Å². The average Bonchev–Trinajstić information content (AvgIpc) is 3.53. The quantitative estimate of drug-likeness (QED) is 0.0508. The maximum atomic E-state index is 14.6. The number of ketones is 1. The molecule has 58 heavy (non-hydrogen) atoms. The van der Waals surface area contributed by atoms with Crippen LogP contribution >= 0.6 is 0 Å². The van der Waals surface area contributed by atoms with Crippen LogP contribution in [-0.4, -0.2) is 69.9 Å². The first-order valence-electron chi connectivity index (χ1n) is 19.0. The Hall–Kier alpha value is -5.66. The van der Waals surface area contributed by atoms with E-state index in [1.165, 1.54) is 51.7 Å². The van der Waals surface area contributed by atoms with Crippen molar-refractivity contribution in [1.82, 2.24) is 9.88 Å². The number of aromatic nitrogens is 1. The summed E-state index contributed by atoms with van der Waals surface area (Å²) in [4.78, 5) is 65.9. The highest BCUT2D eigenvalue weighted by Crippen LogP contribution is 2.43. The van der Waals surface area contributed by atoms with Gasteiger partial charge >= 0.3 is 17.9 Å². The monoisotopic (exact) mass is 812 g/mol. The van der Waals surface area contributed by atoms with Gasteiger partial charge in [-0.2, -0.15) is 0 Å². The number of halogens is 1. The topological polar surface area (TPSA) is 139 Å². The number of hydrogen-bond donors (Lipinski definition) is 1. The van der Waals surface area contributed by atoms with Crippen LogP contribution in [0.5, 0.6) is 0 Å². The van der Waals surface area contributed by atoms with Crippen LogP contribution < -0.4 is 5.32 Å². The van der Waals surface area contributed by atoms with Crippen molar-refractivity contribution in [3.63, 3.8) is 0 Å².